The Bertz CT molecular complexity index is 153. The molecule has 0 aromatic heterocycles. The fraction of sp³-hybridized carbons (Fsp3) is 0.556. The Balaban J connectivity index is 3.75. The molecule has 0 heterocycles. The SMILES string of the molecule is C=C/C(=C\N(C)C)OCCOC. The summed E-state index contributed by atoms with van der Waals surface area (Å²) in [5, 5.41) is 0. The Kier molecular flexibility index (Phi) is 6.19. The molecule has 0 N–H and O–H groups in total. The molecule has 0 aromatic carbocycles. The molecule has 0 spiro atoms. The lowest BCUT2D eigenvalue weighted by Crippen LogP contribution is -2.06. The first-order chi connectivity index (χ1) is 5.70. The minimum absolute atomic E-state index is 0.558. The third-order valence-electron chi connectivity index (χ3n) is 1.14. The van der Waals surface area contributed by atoms with Gasteiger partial charge < -0.3 is 14.4 Å². The third kappa shape index (κ3) is 5.80. The molecule has 3 heteroatoms. The number of rotatable bonds is 6. The van der Waals surface area contributed by atoms with E-state index < -0.39 is 0 Å². The molecule has 70 valence electrons. The fourth-order valence-corrected chi connectivity index (χ4v) is 0.646. The Hall–Kier alpha value is -0.960. The van der Waals surface area contributed by atoms with Gasteiger partial charge in [-0.15, -0.1) is 0 Å². The summed E-state index contributed by atoms with van der Waals surface area (Å²) < 4.78 is 10.2. The largest absolute Gasteiger partial charge is 0.490 e. The first-order valence-electron chi connectivity index (χ1n) is 3.83. The molecule has 0 aliphatic heterocycles. The van der Waals surface area contributed by atoms with Crippen molar-refractivity contribution in [3.63, 3.8) is 0 Å². The number of methoxy groups -OCH3 is 1. The van der Waals surface area contributed by atoms with Crippen molar-refractivity contribution in [2.24, 2.45) is 0 Å². The van der Waals surface area contributed by atoms with Crippen LogP contribution in [0.5, 0.6) is 0 Å². The number of hydrogen-bond acceptors (Lipinski definition) is 3. The maximum Gasteiger partial charge on any atom is 0.134 e. The van der Waals surface area contributed by atoms with Crippen molar-refractivity contribution < 1.29 is 9.47 Å². The molecule has 0 unspecified atom stereocenters. The lowest BCUT2D eigenvalue weighted by Gasteiger charge is -2.09. The van der Waals surface area contributed by atoms with Gasteiger partial charge in [0, 0.05) is 27.4 Å². The summed E-state index contributed by atoms with van der Waals surface area (Å²) in [5.41, 5.74) is 0. The normalized spacial score (nSPS) is 11.1. The Morgan fingerprint density at radius 1 is 1.42 bits per heavy atom. The maximum atomic E-state index is 5.32. The second kappa shape index (κ2) is 6.73. The smallest absolute Gasteiger partial charge is 0.134 e. The summed E-state index contributed by atoms with van der Waals surface area (Å²) in [5.74, 6) is 0.761. The number of hydrogen-bond donors (Lipinski definition) is 0. The quantitative estimate of drug-likeness (QED) is 0.341. The zero-order valence-corrected chi connectivity index (χ0v) is 8.04. The molecule has 0 amide bonds. The predicted molar refractivity (Wildman–Crippen MR) is 49.8 cm³/mol. The number of allylic oxidation sites excluding steroid dienone is 1. The van der Waals surface area contributed by atoms with Gasteiger partial charge in [-0.25, -0.2) is 0 Å². The highest BCUT2D eigenvalue weighted by molar-refractivity contribution is 5.07. The highest BCUT2D eigenvalue weighted by atomic mass is 16.5. The van der Waals surface area contributed by atoms with E-state index in [0.29, 0.717) is 13.2 Å². The Labute approximate surface area is 74.3 Å². The van der Waals surface area contributed by atoms with Gasteiger partial charge in [0.1, 0.15) is 12.4 Å². The van der Waals surface area contributed by atoms with E-state index in [1.165, 1.54) is 0 Å². The van der Waals surface area contributed by atoms with E-state index >= 15 is 0 Å². The Morgan fingerprint density at radius 3 is 2.50 bits per heavy atom. The molecule has 0 rings (SSSR count). The zero-order chi connectivity index (χ0) is 9.40. The van der Waals surface area contributed by atoms with Gasteiger partial charge >= 0.3 is 0 Å². The predicted octanol–water partition coefficient (Wildman–Crippen LogP) is 1.24. The highest BCUT2D eigenvalue weighted by Gasteiger charge is 1.92. The summed E-state index contributed by atoms with van der Waals surface area (Å²) in [6, 6.07) is 0. The van der Waals surface area contributed by atoms with Crippen molar-refractivity contribution in [3.05, 3.63) is 24.6 Å². The van der Waals surface area contributed by atoms with Crippen molar-refractivity contribution in [1.82, 2.24) is 4.90 Å². The van der Waals surface area contributed by atoms with Crippen LogP contribution >= 0.6 is 0 Å². The molecule has 0 atom stereocenters. The van der Waals surface area contributed by atoms with Crippen LogP contribution < -0.4 is 0 Å². The van der Waals surface area contributed by atoms with Gasteiger partial charge in [-0.1, -0.05) is 6.58 Å². The summed E-state index contributed by atoms with van der Waals surface area (Å²) in [6.45, 7) is 4.79. The maximum absolute atomic E-state index is 5.32. The highest BCUT2D eigenvalue weighted by Crippen LogP contribution is 1.98. The monoisotopic (exact) mass is 171 g/mol. The van der Waals surface area contributed by atoms with Crippen LogP contribution in [0.4, 0.5) is 0 Å². The van der Waals surface area contributed by atoms with E-state index in [-0.39, 0.29) is 0 Å². The molecule has 0 saturated heterocycles. The molecular weight excluding hydrogens is 154 g/mol. The summed E-state index contributed by atoms with van der Waals surface area (Å²) >= 11 is 0. The molecule has 0 fully saturated rings. The van der Waals surface area contributed by atoms with Crippen LogP contribution in [-0.4, -0.2) is 39.3 Å². The standard InChI is InChI=1S/C9H17NO2/c1-5-9(8-10(2)3)12-7-6-11-4/h5,8H,1,6-7H2,2-4H3/b9-8+. The summed E-state index contributed by atoms with van der Waals surface area (Å²) in [6.07, 6.45) is 3.54. The van der Waals surface area contributed by atoms with E-state index in [1.54, 1.807) is 13.2 Å². The van der Waals surface area contributed by atoms with Gasteiger partial charge in [0.25, 0.3) is 0 Å². The molecule has 0 saturated carbocycles. The molecule has 0 aliphatic carbocycles. The van der Waals surface area contributed by atoms with Gasteiger partial charge in [-0.3, -0.25) is 0 Å². The van der Waals surface area contributed by atoms with Crippen LogP contribution in [0.1, 0.15) is 0 Å². The number of ether oxygens (including phenoxy) is 2. The number of nitrogens with zero attached hydrogens (tertiary/aromatic N) is 1. The van der Waals surface area contributed by atoms with Crippen LogP contribution in [0.3, 0.4) is 0 Å². The lowest BCUT2D eigenvalue weighted by atomic mass is 10.5. The van der Waals surface area contributed by atoms with Crippen LogP contribution in [0.2, 0.25) is 0 Å². The van der Waals surface area contributed by atoms with Crippen molar-refractivity contribution in [1.29, 1.82) is 0 Å². The summed E-state index contributed by atoms with van der Waals surface area (Å²) in [7, 11) is 5.51. The first-order valence-corrected chi connectivity index (χ1v) is 3.83. The van der Waals surface area contributed by atoms with E-state index in [2.05, 4.69) is 6.58 Å². The van der Waals surface area contributed by atoms with Gasteiger partial charge in [-0.05, 0) is 6.08 Å². The van der Waals surface area contributed by atoms with E-state index in [9.17, 15) is 0 Å². The van der Waals surface area contributed by atoms with Crippen molar-refractivity contribution >= 4 is 0 Å². The van der Waals surface area contributed by atoms with E-state index in [1.807, 2.05) is 25.2 Å². The minimum Gasteiger partial charge on any atom is -0.490 e. The van der Waals surface area contributed by atoms with Crippen LogP contribution in [0, 0.1) is 0 Å². The third-order valence-corrected chi connectivity index (χ3v) is 1.14. The average molecular weight is 171 g/mol. The Morgan fingerprint density at radius 2 is 2.08 bits per heavy atom. The van der Waals surface area contributed by atoms with Gasteiger partial charge in [0.2, 0.25) is 0 Å². The fourth-order valence-electron chi connectivity index (χ4n) is 0.646. The van der Waals surface area contributed by atoms with Crippen LogP contribution in [0.15, 0.2) is 24.6 Å². The first kappa shape index (κ1) is 11.0. The molecule has 0 aliphatic rings. The molecule has 0 bridgehead atoms. The van der Waals surface area contributed by atoms with Gasteiger partial charge in [0.05, 0.1) is 6.61 Å². The molecule has 0 aromatic rings. The van der Waals surface area contributed by atoms with E-state index in [4.69, 9.17) is 9.47 Å². The van der Waals surface area contributed by atoms with E-state index in [0.717, 1.165) is 5.76 Å². The molecular formula is C9H17NO2. The lowest BCUT2D eigenvalue weighted by molar-refractivity contribution is 0.113. The van der Waals surface area contributed by atoms with Crippen molar-refractivity contribution in [2.45, 2.75) is 0 Å². The average Bonchev–Trinajstić information content (AvgIpc) is 2.02. The second-order valence-electron chi connectivity index (χ2n) is 2.54. The van der Waals surface area contributed by atoms with Crippen molar-refractivity contribution in [2.75, 3.05) is 34.4 Å². The van der Waals surface area contributed by atoms with Crippen LogP contribution in [-0.2, 0) is 9.47 Å². The van der Waals surface area contributed by atoms with Gasteiger partial charge in [-0.2, -0.15) is 0 Å². The van der Waals surface area contributed by atoms with Crippen molar-refractivity contribution in [3.8, 4) is 0 Å². The molecule has 12 heavy (non-hydrogen) atoms. The van der Waals surface area contributed by atoms with Gasteiger partial charge in [0.15, 0.2) is 0 Å². The second-order valence-corrected chi connectivity index (χ2v) is 2.54. The zero-order valence-electron chi connectivity index (χ0n) is 8.04. The topological polar surface area (TPSA) is 21.7 Å². The van der Waals surface area contributed by atoms with Crippen LogP contribution in [0.25, 0.3) is 0 Å². The summed E-state index contributed by atoms with van der Waals surface area (Å²) in [4.78, 5) is 1.91. The minimum atomic E-state index is 0.558. The molecule has 3 nitrogen and oxygen atoms in total. The molecule has 0 radical (unpaired) electrons.